The lowest BCUT2D eigenvalue weighted by Crippen LogP contribution is -2.39. The molecule has 1 fully saturated rings. The molecule has 2 aromatic rings. The normalized spacial score (nSPS) is 15.1. The van der Waals surface area contributed by atoms with Gasteiger partial charge < -0.3 is 19.3 Å². The van der Waals surface area contributed by atoms with Crippen LogP contribution >= 0.6 is 0 Å². The van der Waals surface area contributed by atoms with Crippen LogP contribution in [-0.2, 0) is 17.9 Å². The van der Waals surface area contributed by atoms with Crippen molar-refractivity contribution in [3.8, 4) is 0 Å². The van der Waals surface area contributed by atoms with Crippen LogP contribution in [0.25, 0.3) is 0 Å². The third kappa shape index (κ3) is 4.41. The highest BCUT2D eigenvalue weighted by molar-refractivity contribution is 5.85. The number of likely N-dealkylation sites (tertiary alicyclic amines) is 1. The molecule has 0 radical (unpaired) electrons. The number of hydrogen-bond acceptors (Lipinski definition) is 3. The fourth-order valence-corrected chi connectivity index (χ4v) is 3.15. The molecule has 1 aromatic carbocycles. The molecule has 1 amide bonds. The smallest absolute Gasteiger partial charge is 0.410 e. The van der Waals surface area contributed by atoms with Gasteiger partial charge in [-0.05, 0) is 36.5 Å². The highest BCUT2D eigenvalue weighted by Gasteiger charge is 2.24. The van der Waals surface area contributed by atoms with E-state index < -0.39 is 5.97 Å². The first kappa shape index (κ1) is 17.1. The third-order valence-electron chi connectivity index (χ3n) is 4.58. The van der Waals surface area contributed by atoms with Crippen molar-refractivity contribution in [3.63, 3.8) is 0 Å². The second-order valence-corrected chi connectivity index (χ2v) is 6.32. The van der Waals surface area contributed by atoms with Crippen molar-refractivity contribution < 1.29 is 19.4 Å². The van der Waals surface area contributed by atoms with E-state index in [2.05, 4.69) is 0 Å². The maximum atomic E-state index is 12.2. The first-order valence-corrected chi connectivity index (χ1v) is 8.47. The van der Waals surface area contributed by atoms with Crippen LogP contribution in [0.2, 0.25) is 0 Å². The maximum absolute atomic E-state index is 12.2. The number of piperidine rings is 1. The summed E-state index contributed by atoms with van der Waals surface area (Å²) >= 11 is 0. The van der Waals surface area contributed by atoms with Crippen LogP contribution in [0.4, 0.5) is 4.79 Å². The molecule has 132 valence electrons. The number of carboxylic acids is 1. The van der Waals surface area contributed by atoms with Crippen molar-refractivity contribution in [2.24, 2.45) is 5.92 Å². The molecule has 6 nitrogen and oxygen atoms in total. The Morgan fingerprint density at radius 2 is 1.80 bits per heavy atom. The van der Waals surface area contributed by atoms with Crippen LogP contribution in [0.3, 0.4) is 0 Å². The minimum absolute atomic E-state index is 0.283. The molecule has 1 saturated heterocycles. The molecular weight excluding hydrogens is 320 g/mol. The summed E-state index contributed by atoms with van der Waals surface area (Å²) in [5.74, 6) is -0.546. The number of nitrogens with zero attached hydrogens (tertiary/aromatic N) is 2. The molecule has 0 aliphatic carbocycles. The minimum Gasteiger partial charge on any atom is -0.477 e. The topological polar surface area (TPSA) is 71.8 Å². The molecule has 0 spiro atoms. The van der Waals surface area contributed by atoms with Gasteiger partial charge in [0.25, 0.3) is 0 Å². The van der Waals surface area contributed by atoms with Crippen molar-refractivity contribution in [2.45, 2.75) is 26.0 Å². The standard InChI is InChI=1S/C19H22N2O4/c22-18(23)17-7-4-10-21(17)13-15-8-11-20(12-9-15)19(24)25-14-16-5-2-1-3-6-16/h1-7,10,15H,8-9,11-14H2,(H,22,23). The number of carboxylic acid groups (broad SMARTS) is 1. The van der Waals surface area contributed by atoms with E-state index in [1.165, 1.54) is 0 Å². The van der Waals surface area contributed by atoms with Crippen LogP contribution in [0, 0.1) is 5.92 Å². The van der Waals surface area contributed by atoms with Crippen molar-refractivity contribution in [2.75, 3.05) is 13.1 Å². The number of carbonyl (C=O) groups excluding carboxylic acids is 1. The van der Waals surface area contributed by atoms with Gasteiger partial charge in [-0.15, -0.1) is 0 Å². The Morgan fingerprint density at radius 3 is 2.48 bits per heavy atom. The zero-order valence-electron chi connectivity index (χ0n) is 14.0. The van der Waals surface area contributed by atoms with Gasteiger partial charge in [-0.25, -0.2) is 9.59 Å². The lowest BCUT2D eigenvalue weighted by Gasteiger charge is -2.31. The fourth-order valence-electron chi connectivity index (χ4n) is 3.15. The minimum atomic E-state index is -0.910. The highest BCUT2D eigenvalue weighted by atomic mass is 16.6. The lowest BCUT2D eigenvalue weighted by molar-refractivity contribution is 0.0681. The molecule has 2 heterocycles. The van der Waals surface area contributed by atoms with E-state index >= 15 is 0 Å². The number of benzene rings is 1. The Balaban J connectivity index is 1.46. The van der Waals surface area contributed by atoms with Gasteiger partial charge in [0.15, 0.2) is 0 Å². The number of carbonyl (C=O) groups is 2. The summed E-state index contributed by atoms with van der Waals surface area (Å²) in [5.41, 5.74) is 1.28. The monoisotopic (exact) mass is 342 g/mol. The lowest BCUT2D eigenvalue weighted by atomic mass is 9.97. The number of hydrogen-bond donors (Lipinski definition) is 1. The van der Waals surface area contributed by atoms with E-state index in [4.69, 9.17) is 9.84 Å². The van der Waals surface area contributed by atoms with Crippen LogP contribution in [0.15, 0.2) is 48.7 Å². The first-order valence-electron chi connectivity index (χ1n) is 8.47. The highest BCUT2D eigenvalue weighted by Crippen LogP contribution is 2.21. The van der Waals surface area contributed by atoms with Crippen molar-refractivity contribution in [1.29, 1.82) is 0 Å². The molecule has 0 unspecified atom stereocenters. The van der Waals surface area contributed by atoms with E-state index in [1.807, 2.05) is 30.3 Å². The Labute approximate surface area is 146 Å². The van der Waals surface area contributed by atoms with Gasteiger partial charge in [0.1, 0.15) is 12.3 Å². The molecule has 1 aromatic heterocycles. The summed E-state index contributed by atoms with van der Waals surface area (Å²) in [6, 6.07) is 13.0. The predicted molar refractivity (Wildman–Crippen MR) is 92.3 cm³/mol. The van der Waals surface area contributed by atoms with Crippen molar-refractivity contribution in [3.05, 3.63) is 59.9 Å². The number of ether oxygens (including phenoxy) is 1. The van der Waals surface area contributed by atoms with E-state index in [9.17, 15) is 9.59 Å². The summed E-state index contributed by atoms with van der Waals surface area (Å²) in [6.45, 7) is 2.23. The summed E-state index contributed by atoms with van der Waals surface area (Å²) < 4.78 is 7.14. The van der Waals surface area contributed by atoms with Gasteiger partial charge in [-0.3, -0.25) is 0 Å². The number of amides is 1. The second kappa shape index (κ2) is 7.88. The van der Waals surface area contributed by atoms with Gasteiger partial charge in [-0.1, -0.05) is 30.3 Å². The quantitative estimate of drug-likeness (QED) is 0.905. The van der Waals surface area contributed by atoms with Gasteiger partial charge >= 0.3 is 12.1 Å². The second-order valence-electron chi connectivity index (χ2n) is 6.32. The predicted octanol–water partition coefficient (Wildman–Crippen LogP) is 3.24. The first-order chi connectivity index (χ1) is 12.1. The Morgan fingerprint density at radius 1 is 1.08 bits per heavy atom. The Kier molecular flexibility index (Phi) is 5.38. The molecular formula is C19H22N2O4. The summed E-state index contributed by atoms with van der Waals surface area (Å²) in [7, 11) is 0. The van der Waals surface area contributed by atoms with E-state index in [0.717, 1.165) is 18.4 Å². The third-order valence-corrected chi connectivity index (χ3v) is 4.58. The molecule has 0 atom stereocenters. The summed E-state index contributed by atoms with van der Waals surface area (Å²) in [6.07, 6.45) is 3.20. The summed E-state index contributed by atoms with van der Waals surface area (Å²) in [4.78, 5) is 25.1. The molecule has 25 heavy (non-hydrogen) atoms. The zero-order valence-corrected chi connectivity index (χ0v) is 14.0. The van der Waals surface area contributed by atoms with Crippen LogP contribution in [0.5, 0.6) is 0 Å². The number of aromatic nitrogens is 1. The van der Waals surface area contributed by atoms with Crippen LogP contribution < -0.4 is 0 Å². The average Bonchev–Trinajstić information content (AvgIpc) is 3.09. The molecule has 0 saturated carbocycles. The van der Waals surface area contributed by atoms with Gasteiger partial charge in [0.2, 0.25) is 0 Å². The van der Waals surface area contributed by atoms with Gasteiger partial charge in [0.05, 0.1) is 0 Å². The number of aromatic carboxylic acids is 1. The van der Waals surface area contributed by atoms with E-state index in [0.29, 0.717) is 31.2 Å². The molecule has 1 N–H and O–H groups in total. The van der Waals surface area contributed by atoms with E-state index in [-0.39, 0.29) is 12.7 Å². The van der Waals surface area contributed by atoms with Crippen molar-refractivity contribution in [1.82, 2.24) is 9.47 Å². The SMILES string of the molecule is O=C(O)c1cccn1CC1CCN(C(=O)OCc2ccccc2)CC1. The van der Waals surface area contributed by atoms with Crippen molar-refractivity contribution >= 4 is 12.1 Å². The van der Waals surface area contributed by atoms with Crippen LogP contribution in [-0.4, -0.2) is 39.7 Å². The van der Waals surface area contributed by atoms with Gasteiger partial charge in [-0.2, -0.15) is 0 Å². The molecule has 3 rings (SSSR count). The summed E-state index contributed by atoms with van der Waals surface area (Å²) in [5, 5.41) is 9.16. The average molecular weight is 342 g/mol. The molecule has 6 heteroatoms. The molecule has 1 aliphatic heterocycles. The van der Waals surface area contributed by atoms with Gasteiger partial charge in [0, 0.05) is 25.8 Å². The van der Waals surface area contributed by atoms with E-state index in [1.54, 1.807) is 27.8 Å². The number of rotatable bonds is 5. The molecule has 0 bridgehead atoms. The fraction of sp³-hybridized carbons (Fsp3) is 0.368. The largest absolute Gasteiger partial charge is 0.477 e. The molecule has 1 aliphatic rings. The van der Waals surface area contributed by atoms with Crippen LogP contribution in [0.1, 0.15) is 28.9 Å². The Hall–Kier alpha value is -2.76. The zero-order chi connectivity index (χ0) is 17.6. The maximum Gasteiger partial charge on any atom is 0.410 e. The Bertz CT molecular complexity index is 718.